The second kappa shape index (κ2) is 7.01. The first-order valence-corrected chi connectivity index (χ1v) is 8.73. The molecule has 0 aliphatic heterocycles. The molecular formula is C15H20N2O5S. The molecule has 0 fully saturated rings. The molecule has 23 heavy (non-hydrogen) atoms. The molecule has 0 spiro atoms. The van der Waals surface area contributed by atoms with Gasteiger partial charge < -0.3 is 14.1 Å². The zero-order valence-electron chi connectivity index (χ0n) is 13.3. The zero-order chi connectivity index (χ0) is 17.0. The van der Waals surface area contributed by atoms with Crippen molar-refractivity contribution in [2.45, 2.75) is 32.1 Å². The fraction of sp³-hybridized carbons (Fsp3) is 0.400. The number of sulfonamides is 1. The lowest BCUT2D eigenvalue weighted by Crippen LogP contribution is -2.28. The number of carbonyl (C=O) groups excluding carboxylic acids is 1. The molecule has 0 radical (unpaired) electrons. The van der Waals surface area contributed by atoms with Gasteiger partial charge in [-0.3, -0.25) is 0 Å². The zero-order valence-corrected chi connectivity index (χ0v) is 14.1. The maximum absolute atomic E-state index is 12.6. The number of aryl methyl sites for hydroxylation is 2. The van der Waals surface area contributed by atoms with Gasteiger partial charge in [0.15, 0.2) is 0 Å². The highest BCUT2D eigenvalue weighted by Gasteiger charge is 2.29. The molecular weight excluding hydrogens is 320 g/mol. The summed E-state index contributed by atoms with van der Waals surface area (Å²) in [6, 6.07) is 3.51. The lowest BCUT2D eigenvalue weighted by atomic mass is 10.2. The number of rotatable bonds is 7. The van der Waals surface area contributed by atoms with E-state index in [0.29, 0.717) is 23.6 Å². The number of hydrogen-bond donors (Lipinski definition) is 2. The topological polar surface area (TPSA) is 101 Å². The van der Waals surface area contributed by atoms with Crippen molar-refractivity contribution in [1.29, 1.82) is 0 Å². The highest BCUT2D eigenvalue weighted by Crippen LogP contribution is 2.24. The summed E-state index contributed by atoms with van der Waals surface area (Å²) in [4.78, 5) is 14.9. The minimum atomic E-state index is -3.84. The number of aromatic nitrogens is 1. The Kier molecular flexibility index (Phi) is 5.27. The molecule has 0 saturated heterocycles. The van der Waals surface area contributed by atoms with Crippen LogP contribution in [0.25, 0.3) is 0 Å². The Morgan fingerprint density at radius 1 is 1.35 bits per heavy atom. The van der Waals surface area contributed by atoms with Gasteiger partial charge in [0.25, 0.3) is 0 Å². The fourth-order valence-electron chi connectivity index (χ4n) is 2.38. The van der Waals surface area contributed by atoms with Crippen LogP contribution in [0.2, 0.25) is 0 Å². The third kappa shape index (κ3) is 3.83. The quantitative estimate of drug-likeness (QED) is 0.750. The maximum atomic E-state index is 12.6. The number of furan rings is 1. The predicted molar refractivity (Wildman–Crippen MR) is 83.8 cm³/mol. The van der Waals surface area contributed by atoms with Gasteiger partial charge in [-0.2, -0.15) is 0 Å². The van der Waals surface area contributed by atoms with Crippen LogP contribution < -0.4 is 4.72 Å². The summed E-state index contributed by atoms with van der Waals surface area (Å²) in [5, 5.41) is 0. The van der Waals surface area contributed by atoms with Crippen LogP contribution in [0.4, 0.5) is 0 Å². The van der Waals surface area contributed by atoms with Crippen molar-refractivity contribution >= 4 is 16.0 Å². The molecule has 0 bridgehead atoms. The first-order chi connectivity index (χ1) is 10.9. The second-order valence-electron chi connectivity index (χ2n) is 5.03. The van der Waals surface area contributed by atoms with Gasteiger partial charge in [0.05, 0.1) is 12.9 Å². The van der Waals surface area contributed by atoms with E-state index < -0.39 is 16.0 Å². The SMILES string of the molecule is CCOC(=O)c1c(C)[nH]c(C)c1S(=O)(=O)NCCc1ccco1. The molecule has 0 aliphatic rings. The van der Waals surface area contributed by atoms with Crippen LogP contribution in [0.3, 0.4) is 0 Å². The lowest BCUT2D eigenvalue weighted by Gasteiger charge is -2.09. The van der Waals surface area contributed by atoms with Gasteiger partial charge in [0, 0.05) is 24.4 Å². The second-order valence-corrected chi connectivity index (χ2v) is 6.73. The number of carbonyl (C=O) groups is 1. The van der Waals surface area contributed by atoms with E-state index in [1.165, 1.54) is 6.26 Å². The van der Waals surface area contributed by atoms with E-state index in [1.54, 1.807) is 32.9 Å². The Morgan fingerprint density at radius 2 is 2.09 bits per heavy atom. The molecule has 0 amide bonds. The third-order valence-electron chi connectivity index (χ3n) is 3.31. The summed E-state index contributed by atoms with van der Waals surface area (Å²) < 4.78 is 37.7. The number of esters is 1. The molecule has 0 aliphatic carbocycles. The van der Waals surface area contributed by atoms with E-state index in [0.717, 1.165) is 0 Å². The van der Waals surface area contributed by atoms with Gasteiger partial charge in [0.2, 0.25) is 10.0 Å². The van der Waals surface area contributed by atoms with E-state index in [1.807, 2.05) is 0 Å². The van der Waals surface area contributed by atoms with Gasteiger partial charge in [-0.1, -0.05) is 0 Å². The molecule has 2 rings (SSSR count). The maximum Gasteiger partial charge on any atom is 0.341 e. The molecule has 2 aromatic heterocycles. The molecule has 126 valence electrons. The van der Waals surface area contributed by atoms with E-state index in [2.05, 4.69) is 9.71 Å². The Morgan fingerprint density at radius 3 is 2.70 bits per heavy atom. The molecule has 0 unspecified atom stereocenters. The van der Waals surface area contributed by atoms with Gasteiger partial charge in [0.1, 0.15) is 16.2 Å². The standard InChI is InChI=1S/C15H20N2O5S/c1-4-21-15(18)13-10(2)17-11(3)14(13)23(19,20)16-8-7-12-6-5-9-22-12/h5-6,9,16-17H,4,7-8H2,1-3H3. The molecule has 7 nitrogen and oxygen atoms in total. The average Bonchev–Trinajstić information content (AvgIpc) is 3.06. The van der Waals surface area contributed by atoms with Crippen molar-refractivity contribution in [3.63, 3.8) is 0 Å². The summed E-state index contributed by atoms with van der Waals surface area (Å²) in [6.45, 7) is 5.26. The molecule has 0 atom stereocenters. The summed E-state index contributed by atoms with van der Waals surface area (Å²) in [6.07, 6.45) is 1.95. The van der Waals surface area contributed by atoms with E-state index in [4.69, 9.17) is 9.15 Å². The molecule has 0 aromatic carbocycles. The lowest BCUT2D eigenvalue weighted by molar-refractivity contribution is 0.0521. The largest absolute Gasteiger partial charge is 0.469 e. The highest BCUT2D eigenvalue weighted by atomic mass is 32.2. The van der Waals surface area contributed by atoms with E-state index in [-0.39, 0.29) is 23.6 Å². The van der Waals surface area contributed by atoms with Crippen LogP contribution in [0.15, 0.2) is 27.7 Å². The van der Waals surface area contributed by atoms with Crippen LogP contribution in [0.5, 0.6) is 0 Å². The minimum Gasteiger partial charge on any atom is -0.469 e. The van der Waals surface area contributed by atoms with Crippen LogP contribution >= 0.6 is 0 Å². The molecule has 0 saturated carbocycles. The van der Waals surface area contributed by atoms with Crippen LogP contribution in [-0.4, -0.2) is 32.5 Å². The molecule has 2 aromatic rings. The van der Waals surface area contributed by atoms with E-state index in [9.17, 15) is 13.2 Å². The summed E-state index contributed by atoms with van der Waals surface area (Å²) in [5.41, 5.74) is 0.915. The number of ether oxygens (including phenoxy) is 1. The number of hydrogen-bond acceptors (Lipinski definition) is 5. The highest BCUT2D eigenvalue weighted by molar-refractivity contribution is 7.89. The number of H-pyrrole nitrogens is 1. The van der Waals surface area contributed by atoms with Crippen molar-refractivity contribution in [3.8, 4) is 0 Å². The summed E-state index contributed by atoms with van der Waals surface area (Å²) in [7, 11) is -3.84. The number of aromatic amines is 1. The smallest absolute Gasteiger partial charge is 0.341 e. The van der Waals surface area contributed by atoms with Gasteiger partial charge >= 0.3 is 5.97 Å². The Bertz CT molecular complexity index is 775. The molecule has 2 heterocycles. The van der Waals surface area contributed by atoms with Crippen molar-refractivity contribution in [3.05, 3.63) is 41.1 Å². The first-order valence-electron chi connectivity index (χ1n) is 7.25. The minimum absolute atomic E-state index is 0.0508. The van der Waals surface area contributed by atoms with Gasteiger partial charge in [-0.25, -0.2) is 17.9 Å². The fourth-order valence-corrected chi connectivity index (χ4v) is 3.85. The van der Waals surface area contributed by atoms with E-state index >= 15 is 0 Å². The van der Waals surface area contributed by atoms with Crippen molar-refractivity contribution in [1.82, 2.24) is 9.71 Å². The first kappa shape index (κ1) is 17.3. The van der Waals surface area contributed by atoms with Crippen LogP contribution in [0.1, 0.15) is 34.4 Å². The van der Waals surface area contributed by atoms with Gasteiger partial charge in [-0.15, -0.1) is 0 Å². The third-order valence-corrected chi connectivity index (χ3v) is 4.94. The normalized spacial score (nSPS) is 11.6. The number of nitrogens with one attached hydrogen (secondary N) is 2. The Hall–Kier alpha value is -2.06. The van der Waals surface area contributed by atoms with Crippen molar-refractivity contribution < 1.29 is 22.4 Å². The average molecular weight is 340 g/mol. The van der Waals surface area contributed by atoms with Crippen molar-refractivity contribution in [2.24, 2.45) is 0 Å². The van der Waals surface area contributed by atoms with Gasteiger partial charge in [-0.05, 0) is 32.9 Å². The summed E-state index contributed by atoms with van der Waals surface area (Å²) in [5.74, 6) is 0.0287. The van der Waals surface area contributed by atoms with Crippen LogP contribution in [-0.2, 0) is 21.2 Å². The Labute approximate surface area is 135 Å². The summed E-state index contributed by atoms with van der Waals surface area (Å²) >= 11 is 0. The predicted octanol–water partition coefficient (Wildman–Crippen LogP) is 1.92. The Balaban J connectivity index is 2.23. The molecule has 2 N–H and O–H groups in total. The molecule has 8 heteroatoms. The monoisotopic (exact) mass is 340 g/mol. The van der Waals surface area contributed by atoms with Crippen molar-refractivity contribution in [2.75, 3.05) is 13.2 Å². The van der Waals surface area contributed by atoms with Crippen LogP contribution in [0, 0.1) is 13.8 Å².